The minimum atomic E-state index is -0.0816. The van der Waals surface area contributed by atoms with Gasteiger partial charge in [-0.3, -0.25) is 4.79 Å². The quantitative estimate of drug-likeness (QED) is 0.689. The van der Waals surface area contributed by atoms with E-state index < -0.39 is 0 Å². The minimum Gasteiger partial charge on any atom is -0.381 e. The van der Waals surface area contributed by atoms with Crippen molar-refractivity contribution in [3.05, 3.63) is 21.4 Å². The van der Waals surface area contributed by atoms with Gasteiger partial charge in [-0.05, 0) is 43.7 Å². The number of aryl methyl sites for hydroxylation is 2. The smallest absolute Gasteiger partial charge is 0.281 e. The van der Waals surface area contributed by atoms with Crippen LogP contribution in [0.3, 0.4) is 0 Å². The molecule has 21 heavy (non-hydrogen) atoms. The number of amides is 1. The van der Waals surface area contributed by atoms with E-state index in [1.54, 1.807) is 17.6 Å². The van der Waals surface area contributed by atoms with Crippen molar-refractivity contribution >= 4 is 23.5 Å². The summed E-state index contributed by atoms with van der Waals surface area (Å²) in [5.41, 5.74) is 4.02. The summed E-state index contributed by atoms with van der Waals surface area (Å²) in [6.07, 6.45) is 10.1. The number of rotatable bonds is 3. The van der Waals surface area contributed by atoms with Crippen LogP contribution in [0.5, 0.6) is 0 Å². The van der Waals surface area contributed by atoms with Crippen molar-refractivity contribution in [3.8, 4) is 0 Å². The van der Waals surface area contributed by atoms with Crippen LogP contribution in [0.2, 0.25) is 0 Å². The highest BCUT2D eigenvalue weighted by atomic mass is 32.1. The first kappa shape index (κ1) is 14.7. The highest BCUT2D eigenvalue weighted by molar-refractivity contribution is 7.14. The van der Waals surface area contributed by atoms with Crippen LogP contribution in [-0.2, 0) is 17.6 Å². The molecule has 0 spiro atoms. The Morgan fingerprint density at radius 3 is 3.00 bits per heavy atom. The molecule has 1 aromatic heterocycles. The van der Waals surface area contributed by atoms with E-state index in [1.807, 2.05) is 0 Å². The van der Waals surface area contributed by atoms with Crippen LogP contribution in [0.15, 0.2) is 11.2 Å². The SMILES string of the molecule is O=C(N/N=C/C1CCOC1)c1cc2c(s1)CCCCCC2. The fourth-order valence-corrected chi connectivity index (χ4v) is 4.03. The standard InChI is InChI=1S/C16H22N2O2S/c19-16(18-17-10-12-7-8-20-11-12)15-9-13-5-3-1-2-4-6-14(13)21-15/h9-10,12H,1-8,11H2,(H,18,19)/b17-10+. The van der Waals surface area contributed by atoms with Crippen LogP contribution in [0, 0.1) is 5.92 Å². The number of ether oxygens (including phenoxy) is 1. The van der Waals surface area contributed by atoms with Gasteiger partial charge in [0.25, 0.3) is 5.91 Å². The van der Waals surface area contributed by atoms with E-state index in [1.165, 1.54) is 36.1 Å². The third-order valence-corrected chi connectivity index (χ3v) is 5.37. The maximum Gasteiger partial charge on any atom is 0.281 e. The van der Waals surface area contributed by atoms with Gasteiger partial charge in [0.05, 0.1) is 11.5 Å². The maximum atomic E-state index is 12.2. The molecule has 1 N–H and O–H groups in total. The van der Waals surface area contributed by atoms with Crippen LogP contribution in [-0.4, -0.2) is 25.3 Å². The number of hydrogen-bond donors (Lipinski definition) is 1. The summed E-state index contributed by atoms with van der Waals surface area (Å²) in [6.45, 7) is 1.51. The molecule has 5 heteroatoms. The molecule has 1 unspecified atom stereocenters. The fraction of sp³-hybridized carbons (Fsp3) is 0.625. The maximum absolute atomic E-state index is 12.2. The van der Waals surface area contributed by atoms with Gasteiger partial charge < -0.3 is 4.74 Å². The lowest BCUT2D eigenvalue weighted by molar-refractivity contribution is 0.0959. The van der Waals surface area contributed by atoms with Gasteiger partial charge >= 0.3 is 0 Å². The molecule has 3 rings (SSSR count). The van der Waals surface area contributed by atoms with Gasteiger partial charge in [-0.15, -0.1) is 11.3 Å². The zero-order valence-electron chi connectivity index (χ0n) is 12.3. The molecule has 1 amide bonds. The van der Waals surface area contributed by atoms with Crippen molar-refractivity contribution in [2.24, 2.45) is 11.0 Å². The Morgan fingerprint density at radius 2 is 2.19 bits per heavy atom. The second kappa shape index (κ2) is 7.18. The molecule has 114 valence electrons. The molecule has 1 fully saturated rings. The highest BCUT2D eigenvalue weighted by Crippen LogP contribution is 2.28. The van der Waals surface area contributed by atoms with Crippen LogP contribution in [0.4, 0.5) is 0 Å². The predicted molar refractivity (Wildman–Crippen MR) is 85.1 cm³/mol. The summed E-state index contributed by atoms with van der Waals surface area (Å²) < 4.78 is 5.28. The average Bonchev–Trinajstić information content (AvgIpc) is 3.09. The molecule has 0 saturated carbocycles. The van der Waals surface area contributed by atoms with E-state index in [9.17, 15) is 4.79 Å². The van der Waals surface area contributed by atoms with Gasteiger partial charge in [0.2, 0.25) is 0 Å². The summed E-state index contributed by atoms with van der Waals surface area (Å²) in [5.74, 6) is 0.260. The second-order valence-corrected chi connectivity index (χ2v) is 6.95. The van der Waals surface area contributed by atoms with Gasteiger partial charge in [0, 0.05) is 23.6 Å². The zero-order valence-corrected chi connectivity index (χ0v) is 13.1. The minimum absolute atomic E-state index is 0.0816. The Bertz CT molecular complexity index is 493. The molecule has 1 aliphatic heterocycles. The van der Waals surface area contributed by atoms with E-state index in [0.717, 1.165) is 30.7 Å². The Balaban J connectivity index is 1.60. The predicted octanol–water partition coefficient (Wildman–Crippen LogP) is 3.16. The number of hydrazone groups is 1. The van der Waals surface area contributed by atoms with Crippen molar-refractivity contribution in [2.45, 2.75) is 44.9 Å². The third-order valence-electron chi connectivity index (χ3n) is 4.14. The number of fused-ring (bicyclic) bond motifs is 1. The van der Waals surface area contributed by atoms with Crippen molar-refractivity contribution in [3.63, 3.8) is 0 Å². The Hall–Kier alpha value is -1.20. The van der Waals surface area contributed by atoms with E-state index >= 15 is 0 Å². The van der Waals surface area contributed by atoms with E-state index in [4.69, 9.17) is 4.74 Å². The third kappa shape index (κ3) is 3.92. The number of nitrogens with one attached hydrogen (secondary N) is 1. The van der Waals surface area contributed by atoms with Crippen LogP contribution < -0.4 is 5.43 Å². The molecule has 1 aromatic rings. The summed E-state index contributed by atoms with van der Waals surface area (Å²) >= 11 is 1.64. The van der Waals surface area contributed by atoms with E-state index in [-0.39, 0.29) is 5.91 Å². The molecule has 0 aromatic carbocycles. The van der Waals surface area contributed by atoms with Crippen molar-refractivity contribution in [1.29, 1.82) is 0 Å². The first-order chi connectivity index (χ1) is 10.3. The number of thiophene rings is 1. The van der Waals surface area contributed by atoms with E-state index in [2.05, 4.69) is 16.6 Å². The van der Waals surface area contributed by atoms with Gasteiger partial charge in [-0.2, -0.15) is 5.10 Å². The molecule has 2 heterocycles. The lowest BCUT2D eigenvalue weighted by atomic mass is 10.00. The molecule has 1 aliphatic carbocycles. The Morgan fingerprint density at radius 1 is 1.33 bits per heavy atom. The van der Waals surface area contributed by atoms with Crippen LogP contribution >= 0.6 is 11.3 Å². The number of carbonyl (C=O) groups is 1. The molecule has 4 nitrogen and oxygen atoms in total. The Kier molecular flexibility index (Phi) is 5.04. The van der Waals surface area contributed by atoms with Crippen LogP contribution in [0.25, 0.3) is 0 Å². The molecular formula is C16H22N2O2S. The highest BCUT2D eigenvalue weighted by Gasteiger charge is 2.16. The first-order valence-electron chi connectivity index (χ1n) is 7.86. The summed E-state index contributed by atoms with van der Waals surface area (Å²) in [4.78, 5) is 14.4. The summed E-state index contributed by atoms with van der Waals surface area (Å²) in [5, 5.41) is 4.08. The largest absolute Gasteiger partial charge is 0.381 e. The molecule has 1 atom stereocenters. The molecule has 2 aliphatic rings. The molecule has 1 saturated heterocycles. The molecule has 0 radical (unpaired) electrons. The van der Waals surface area contributed by atoms with Crippen molar-refractivity contribution in [1.82, 2.24) is 5.43 Å². The molecular weight excluding hydrogens is 284 g/mol. The van der Waals surface area contributed by atoms with E-state index in [0.29, 0.717) is 12.5 Å². The van der Waals surface area contributed by atoms with Crippen LogP contribution in [0.1, 0.15) is 52.2 Å². The second-order valence-electron chi connectivity index (χ2n) is 5.82. The zero-order chi connectivity index (χ0) is 14.5. The van der Waals surface area contributed by atoms with Gasteiger partial charge in [-0.25, -0.2) is 5.43 Å². The lowest BCUT2D eigenvalue weighted by Gasteiger charge is -2.07. The normalized spacial score (nSPS) is 22.8. The topological polar surface area (TPSA) is 50.7 Å². The van der Waals surface area contributed by atoms with Crippen molar-refractivity contribution in [2.75, 3.05) is 13.2 Å². The number of carbonyl (C=O) groups excluding carboxylic acids is 1. The fourth-order valence-electron chi connectivity index (χ4n) is 2.88. The Labute approximate surface area is 129 Å². The first-order valence-corrected chi connectivity index (χ1v) is 8.67. The van der Waals surface area contributed by atoms with Crippen molar-refractivity contribution < 1.29 is 9.53 Å². The average molecular weight is 306 g/mol. The molecule has 0 bridgehead atoms. The lowest BCUT2D eigenvalue weighted by Crippen LogP contribution is -2.17. The van der Waals surface area contributed by atoms with Gasteiger partial charge in [0.1, 0.15) is 0 Å². The monoisotopic (exact) mass is 306 g/mol. The summed E-state index contributed by atoms with van der Waals surface area (Å²) in [7, 11) is 0. The number of nitrogens with zero attached hydrogens (tertiary/aromatic N) is 1. The number of hydrogen-bond acceptors (Lipinski definition) is 4. The van der Waals surface area contributed by atoms with Gasteiger partial charge in [0.15, 0.2) is 0 Å². The summed E-state index contributed by atoms with van der Waals surface area (Å²) in [6, 6.07) is 2.06. The van der Waals surface area contributed by atoms with Gasteiger partial charge in [-0.1, -0.05) is 12.8 Å².